The maximum atomic E-state index is 13.3. The van der Waals surface area contributed by atoms with Crippen molar-refractivity contribution in [1.29, 1.82) is 0 Å². The first-order valence-corrected chi connectivity index (χ1v) is 13.6. The van der Waals surface area contributed by atoms with Crippen LogP contribution in [0, 0.1) is 5.92 Å². The maximum Gasteiger partial charge on any atom is 0.243 e. The molecule has 4 rings (SSSR count). The van der Waals surface area contributed by atoms with Gasteiger partial charge < -0.3 is 14.5 Å². The van der Waals surface area contributed by atoms with E-state index in [4.69, 9.17) is 4.74 Å². The number of ether oxygens (including phenoxy) is 1. The van der Waals surface area contributed by atoms with Crippen molar-refractivity contribution in [2.24, 2.45) is 5.92 Å². The van der Waals surface area contributed by atoms with Gasteiger partial charge in [-0.2, -0.15) is 4.31 Å². The van der Waals surface area contributed by atoms with Crippen LogP contribution in [0.3, 0.4) is 0 Å². The molecule has 9 heteroatoms. The highest BCUT2D eigenvalue weighted by Gasteiger charge is 2.42. The van der Waals surface area contributed by atoms with Gasteiger partial charge in [0.25, 0.3) is 0 Å². The number of benzene rings is 1. The summed E-state index contributed by atoms with van der Waals surface area (Å²) in [4.78, 5) is 30.2. The Kier molecular flexibility index (Phi) is 7.58. The standard InChI is InChI=1S/C24H35N3O5S/c1-32-20-8-10-21(11-9-20)33(30,31)27-16-6-7-22(27)24(29)26-17-12-19(13-18-26)23(28)25-14-4-2-3-5-15-25/h8-11,19,22H,2-7,12-18H2,1H3. The largest absolute Gasteiger partial charge is 0.497 e. The van der Waals surface area contributed by atoms with E-state index in [9.17, 15) is 18.0 Å². The van der Waals surface area contributed by atoms with Crippen LogP contribution in [-0.2, 0) is 19.6 Å². The maximum absolute atomic E-state index is 13.3. The first kappa shape index (κ1) is 24.0. The average molecular weight is 478 g/mol. The number of carbonyl (C=O) groups is 2. The van der Waals surface area contributed by atoms with Gasteiger partial charge in [-0.1, -0.05) is 12.8 Å². The average Bonchev–Trinajstić information content (AvgIpc) is 3.20. The van der Waals surface area contributed by atoms with Gasteiger partial charge in [0, 0.05) is 38.6 Å². The zero-order valence-electron chi connectivity index (χ0n) is 19.4. The molecule has 1 aromatic rings. The molecule has 3 fully saturated rings. The van der Waals surface area contributed by atoms with Crippen molar-refractivity contribution in [3.8, 4) is 5.75 Å². The van der Waals surface area contributed by atoms with Crippen LogP contribution in [-0.4, -0.2) is 80.2 Å². The van der Waals surface area contributed by atoms with E-state index >= 15 is 0 Å². The Morgan fingerprint density at radius 3 is 2.00 bits per heavy atom. The van der Waals surface area contributed by atoms with Gasteiger partial charge in [-0.3, -0.25) is 9.59 Å². The number of piperidine rings is 1. The number of amides is 2. The zero-order chi connectivity index (χ0) is 23.4. The summed E-state index contributed by atoms with van der Waals surface area (Å²) in [6, 6.07) is 5.61. The van der Waals surface area contributed by atoms with Gasteiger partial charge in [-0.15, -0.1) is 0 Å². The molecular formula is C24H35N3O5S. The second-order valence-corrected chi connectivity index (χ2v) is 11.2. The van der Waals surface area contributed by atoms with E-state index in [1.165, 1.54) is 36.4 Å². The minimum atomic E-state index is -3.77. The van der Waals surface area contributed by atoms with E-state index < -0.39 is 16.1 Å². The number of nitrogens with zero attached hydrogens (tertiary/aromatic N) is 3. The van der Waals surface area contributed by atoms with Crippen LogP contribution in [0.4, 0.5) is 0 Å². The van der Waals surface area contributed by atoms with Gasteiger partial charge in [0.05, 0.1) is 12.0 Å². The van der Waals surface area contributed by atoms with Crippen molar-refractivity contribution in [3.63, 3.8) is 0 Å². The summed E-state index contributed by atoms with van der Waals surface area (Å²) in [6.07, 6.45) is 7.02. The molecule has 2 amide bonds. The molecule has 0 radical (unpaired) electrons. The fourth-order valence-corrected chi connectivity index (χ4v) is 6.92. The molecule has 0 bridgehead atoms. The molecule has 0 aliphatic carbocycles. The number of hydrogen-bond acceptors (Lipinski definition) is 5. The molecule has 3 heterocycles. The Morgan fingerprint density at radius 1 is 0.788 bits per heavy atom. The molecule has 0 N–H and O–H groups in total. The fourth-order valence-electron chi connectivity index (χ4n) is 5.26. The Morgan fingerprint density at radius 2 is 1.39 bits per heavy atom. The molecule has 3 saturated heterocycles. The number of hydrogen-bond donors (Lipinski definition) is 0. The zero-order valence-corrected chi connectivity index (χ0v) is 20.3. The van der Waals surface area contributed by atoms with E-state index in [-0.39, 0.29) is 22.6 Å². The number of likely N-dealkylation sites (tertiary alicyclic amines) is 2. The van der Waals surface area contributed by atoms with Gasteiger partial charge >= 0.3 is 0 Å². The summed E-state index contributed by atoms with van der Waals surface area (Å²) < 4.78 is 33.0. The molecule has 0 aromatic heterocycles. The van der Waals surface area contributed by atoms with E-state index in [1.54, 1.807) is 17.0 Å². The molecule has 1 unspecified atom stereocenters. The van der Waals surface area contributed by atoms with E-state index in [2.05, 4.69) is 0 Å². The summed E-state index contributed by atoms with van der Waals surface area (Å²) in [5, 5.41) is 0. The van der Waals surface area contributed by atoms with Gasteiger partial charge in [-0.25, -0.2) is 8.42 Å². The molecular weight excluding hydrogens is 442 g/mol. The topological polar surface area (TPSA) is 87.2 Å². The van der Waals surface area contributed by atoms with Crippen LogP contribution in [0.2, 0.25) is 0 Å². The fraction of sp³-hybridized carbons (Fsp3) is 0.667. The third-order valence-electron chi connectivity index (χ3n) is 7.23. The van der Waals surface area contributed by atoms with Crippen molar-refractivity contribution in [3.05, 3.63) is 24.3 Å². The van der Waals surface area contributed by atoms with Crippen LogP contribution in [0.25, 0.3) is 0 Å². The summed E-state index contributed by atoms with van der Waals surface area (Å²) >= 11 is 0. The highest BCUT2D eigenvalue weighted by atomic mass is 32.2. The first-order chi connectivity index (χ1) is 15.9. The van der Waals surface area contributed by atoms with E-state index in [1.807, 2.05) is 4.90 Å². The van der Waals surface area contributed by atoms with Crippen molar-refractivity contribution in [1.82, 2.24) is 14.1 Å². The molecule has 1 aromatic carbocycles. The highest BCUT2D eigenvalue weighted by Crippen LogP contribution is 2.30. The second-order valence-electron chi connectivity index (χ2n) is 9.29. The lowest BCUT2D eigenvalue weighted by Gasteiger charge is -2.36. The monoisotopic (exact) mass is 477 g/mol. The van der Waals surface area contributed by atoms with Gasteiger partial charge in [0.2, 0.25) is 21.8 Å². The quantitative estimate of drug-likeness (QED) is 0.650. The lowest BCUT2D eigenvalue weighted by atomic mass is 9.94. The van der Waals surface area contributed by atoms with Crippen LogP contribution in [0.1, 0.15) is 51.4 Å². The van der Waals surface area contributed by atoms with Crippen LogP contribution in [0.5, 0.6) is 5.75 Å². The SMILES string of the molecule is COc1ccc(S(=O)(=O)N2CCCC2C(=O)N2CCC(C(=O)N3CCCCCC3)CC2)cc1. The predicted octanol–water partition coefficient (Wildman–Crippen LogP) is 2.49. The van der Waals surface area contributed by atoms with Gasteiger partial charge in [-0.05, 0) is 62.8 Å². The second kappa shape index (κ2) is 10.4. The molecule has 1 atom stereocenters. The smallest absolute Gasteiger partial charge is 0.243 e. The first-order valence-electron chi connectivity index (χ1n) is 12.2. The third-order valence-corrected chi connectivity index (χ3v) is 9.15. The summed E-state index contributed by atoms with van der Waals surface area (Å²) in [5.41, 5.74) is 0. The minimum absolute atomic E-state index is 0.0325. The lowest BCUT2D eigenvalue weighted by Crippen LogP contribution is -2.51. The Hall–Kier alpha value is -2.13. The van der Waals surface area contributed by atoms with Crippen molar-refractivity contribution in [2.45, 2.75) is 62.3 Å². The normalized spacial score (nSPS) is 23.4. The molecule has 3 aliphatic heterocycles. The van der Waals surface area contributed by atoms with E-state index in [0.29, 0.717) is 51.1 Å². The van der Waals surface area contributed by atoms with Gasteiger partial charge in [0.1, 0.15) is 11.8 Å². The number of carbonyl (C=O) groups excluding carboxylic acids is 2. The summed E-state index contributed by atoms with van der Waals surface area (Å²) in [5.74, 6) is 0.647. The molecule has 33 heavy (non-hydrogen) atoms. The Balaban J connectivity index is 1.38. The summed E-state index contributed by atoms with van der Waals surface area (Å²) in [6.45, 7) is 3.05. The number of sulfonamides is 1. The minimum Gasteiger partial charge on any atom is -0.497 e. The van der Waals surface area contributed by atoms with Crippen molar-refractivity contribution in [2.75, 3.05) is 39.8 Å². The van der Waals surface area contributed by atoms with E-state index in [0.717, 1.165) is 25.9 Å². The van der Waals surface area contributed by atoms with Gasteiger partial charge in [0.15, 0.2) is 0 Å². The predicted molar refractivity (Wildman–Crippen MR) is 124 cm³/mol. The molecule has 0 saturated carbocycles. The van der Waals surface area contributed by atoms with Crippen LogP contribution >= 0.6 is 0 Å². The molecule has 8 nitrogen and oxygen atoms in total. The van der Waals surface area contributed by atoms with Crippen LogP contribution < -0.4 is 4.74 Å². The summed E-state index contributed by atoms with van der Waals surface area (Å²) in [7, 11) is -2.24. The Labute approximate surface area is 196 Å². The van der Waals surface area contributed by atoms with Crippen molar-refractivity contribution < 1.29 is 22.7 Å². The highest BCUT2D eigenvalue weighted by molar-refractivity contribution is 7.89. The number of methoxy groups -OCH3 is 1. The molecule has 0 spiro atoms. The van der Waals surface area contributed by atoms with Crippen LogP contribution in [0.15, 0.2) is 29.2 Å². The van der Waals surface area contributed by atoms with Crippen molar-refractivity contribution >= 4 is 21.8 Å². The number of rotatable bonds is 5. The Bertz CT molecular complexity index is 933. The third kappa shape index (κ3) is 5.19. The molecule has 182 valence electrons. The lowest BCUT2D eigenvalue weighted by molar-refractivity contribution is -0.142. The molecule has 3 aliphatic rings.